The maximum absolute atomic E-state index is 14.6. The quantitative estimate of drug-likeness (QED) is 0.599. The van der Waals surface area contributed by atoms with Crippen molar-refractivity contribution in [2.24, 2.45) is 5.92 Å². The zero-order chi connectivity index (χ0) is 21.3. The molecule has 0 bridgehead atoms. The first-order valence-electron chi connectivity index (χ1n) is 9.06. The van der Waals surface area contributed by atoms with Crippen LogP contribution in [0, 0.1) is 23.4 Å². The van der Waals surface area contributed by atoms with Crippen LogP contribution in [-0.2, 0) is 16.0 Å². The molecule has 10 heteroatoms. The summed E-state index contributed by atoms with van der Waals surface area (Å²) in [6.07, 6.45) is 1.79. The first-order valence-corrected chi connectivity index (χ1v) is 9.06. The summed E-state index contributed by atoms with van der Waals surface area (Å²) < 4.78 is 46.6. The maximum atomic E-state index is 14.6. The molecule has 2 amide bonds. The topological polar surface area (TPSA) is 87.3 Å². The Bertz CT molecular complexity index is 931. The van der Waals surface area contributed by atoms with Crippen LogP contribution in [0.3, 0.4) is 0 Å². The van der Waals surface area contributed by atoms with E-state index in [1.165, 1.54) is 18.3 Å². The van der Waals surface area contributed by atoms with Crippen LogP contribution in [0.15, 0.2) is 18.5 Å². The highest BCUT2D eigenvalue weighted by atomic mass is 19.2. The van der Waals surface area contributed by atoms with Crippen molar-refractivity contribution in [2.45, 2.75) is 32.4 Å². The van der Waals surface area contributed by atoms with E-state index in [2.05, 4.69) is 15.3 Å². The van der Waals surface area contributed by atoms with Crippen LogP contribution in [0.2, 0.25) is 0 Å². The number of methoxy groups -OCH3 is 1. The van der Waals surface area contributed by atoms with Crippen molar-refractivity contribution in [3.8, 4) is 0 Å². The van der Waals surface area contributed by atoms with Gasteiger partial charge in [0.1, 0.15) is 12.1 Å². The summed E-state index contributed by atoms with van der Waals surface area (Å²) in [6.45, 7) is 3.61. The minimum absolute atomic E-state index is 0.149. The number of nitrogens with zero attached hydrogens (tertiary/aromatic N) is 2. The van der Waals surface area contributed by atoms with Crippen molar-refractivity contribution in [3.63, 3.8) is 0 Å². The lowest BCUT2D eigenvalue weighted by atomic mass is 9.95. The number of carbonyl (C=O) groups excluding carboxylic acids is 2. The number of benzene rings is 1. The Balaban J connectivity index is 2.00. The van der Waals surface area contributed by atoms with E-state index in [4.69, 9.17) is 4.74 Å². The average molecular weight is 410 g/mol. The molecule has 0 fully saturated rings. The number of aromatic amines is 1. The smallest absolute Gasteiger partial charge is 0.328 e. The number of nitrogens with one attached hydrogen (secondary N) is 2. The fourth-order valence-corrected chi connectivity index (χ4v) is 3.40. The molecule has 0 unspecified atom stereocenters. The van der Waals surface area contributed by atoms with E-state index in [1.807, 2.05) is 0 Å². The standard InChI is InChI=1S/C19H21F3N4O3/c1-9(2)15(18(27)29-3)25-19(28)26-7-6-12-16(24-8-23-12)17(26)10-4-5-11(20)14(22)13(10)21/h4-5,8-9,15,17H,6-7H2,1-3H3,(H,23,24)(H,25,28)/t15-,17+/m1/s1. The van der Waals surface area contributed by atoms with Gasteiger partial charge in [0.05, 0.1) is 19.1 Å². The molecule has 7 nitrogen and oxygen atoms in total. The third-order valence-corrected chi connectivity index (χ3v) is 4.95. The first-order chi connectivity index (χ1) is 13.8. The van der Waals surface area contributed by atoms with Gasteiger partial charge in [0.25, 0.3) is 0 Å². The van der Waals surface area contributed by atoms with E-state index >= 15 is 0 Å². The fourth-order valence-electron chi connectivity index (χ4n) is 3.40. The summed E-state index contributed by atoms with van der Waals surface area (Å²) in [7, 11) is 1.21. The number of rotatable bonds is 4. The summed E-state index contributed by atoms with van der Waals surface area (Å²) in [5, 5.41) is 2.59. The summed E-state index contributed by atoms with van der Waals surface area (Å²) in [5.74, 6) is -5.24. The summed E-state index contributed by atoms with van der Waals surface area (Å²) in [6, 6.07) is -0.801. The van der Waals surface area contributed by atoms with Crippen molar-refractivity contribution in [2.75, 3.05) is 13.7 Å². The van der Waals surface area contributed by atoms with Gasteiger partial charge in [-0.2, -0.15) is 0 Å². The number of hydrogen-bond donors (Lipinski definition) is 2. The van der Waals surface area contributed by atoms with Crippen LogP contribution in [0.5, 0.6) is 0 Å². The van der Waals surface area contributed by atoms with Gasteiger partial charge < -0.3 is 19.9 Å². The Morgan fingerprint density at radius 3 is 2.66 bits per heavy atom. The van der Waals surface area contributed by atoms with Crippen LogP contribution in [0.1, 0.15) is 36.8 Å². The number of ether oxygens (including phenoxy) is 1. The molecule has 0 saturated carbocycles. The third kappa shape index (κ3) is 3.79. The third-order valence-electron chi connectivity index (χ3n) is 4.95. The zero-order valence-electron chi connectivity index (χ0n) is 16.1. The number of carbonyl (C=O) groups is 2. The highest BCUT2D eigenvalue weighted by molar-refractivity contribution is 5.84. The molecular weight excluding hydrogens is 389 g/mol. The lowest BCUT2D eigenvalue weighted by molar-refractivity contribution is -0.144. The molecule has 0 radical (unpaired) electrons. The molecule has 0 aliphatic carbocycles. The van der Waals surface area contributed by atoms with Gasteiger partial charge in [-0.3, -0.25) is 0 Å². The summed E-state index contributed by atoms with van der Waals surface area (Å²) >= 11 is 0. The van der Waals surface area contributed by atoms with E-state index in [9.17, 15) is 22.8 Å². The van der Waals surface area contributed by atoms with Gasteiger partial charge in [0.2, 0.25) is 0 Å². The molecular formula is C19H21F3N4O3. The van der Waals surface area contributed by atoms with E-state index in [0.29, 0.717) is 17.8 Å². The highest BCUT2D eigenvalue weighted by Gasteiger charge is 2.38. The number of fused-ring (bicyclic) bond motifs is 1. The van der Waals surface area contributed by atoms with E-state index in [0.717, 1.165) is 12.1 Å². The number of hydrogen-bond acceptors (Lipinski definition) is 4. The molecule has 0 saturated heterocycles. The lowest BCUT2D eigenvalue weighted by Crippen LogP contribution is -2.53. The second-order valence-corrected chi connectivity index (χ2v) is 7.07. The SMILES string of the molecule is COC(=O)[C@H](NC(=O)N1CCc2[nH]cnc2[C@@H]1c1ccc(F)c(F)c1F)C(C)C. The second-order valence-electron chi connectivity index (χ2n) is 7.07. The minimum Gasteiger partial charge on any atom is -0.467 e. The molecule has 2 aromatic rings. The second kappa shape index (κ2) is 8.14. The molecule has 0 spiro atoms. The van der Waals surface area contributed by atoms with Crippen LogP contribution >= 0.6 is 0 Å². The van der Waals surface area contributed by atoms with Crippen molar-refractivity contribution in [3.05, 3.63) is 52.9 Å². The van der Waals surface area contributed by atoms with E-state index in [1.54, 1.807) is 13.8 Å². The van der Waals surface area contributed by atoms with Gasteiger partial charge in [-0.1, -0.05) is 19.9 Å². The van der Waals surface area contributed by atoms with Gasteiger partial charge in [-0.05, 0) is 12.0 Å². The Hall–Kier alpha value is -3.04. The Kier molecular flexibility index (Phi) is 5.81. The molecule has 1 aromatic heterocycles. The predicted octanol–water partition coefficient (Wildman–Crippen LogP) is 2.68. The first kappa shape index (κ1) is 20.7. The molecule has 1 aliphatic rings. The Labute approximate surface area is 165 Å². The number of halogens is 3. The molecule has 1 aromatic carbocycles. The molecule has 2 N–H and O–H groups in total. The predicted molar refractivity (Wildman–Crippen MR) is 96.3 cm³/mol. The van der Waals surface area contributed by atoms with Crippen molar-refractivity contribution in [1.82, 2.24) is 20.2 Å². The van der Waals surface area contributed by atoms with Crippen molar-refractivity contribution < 1.29 is 27.5 Å². The van der Waals surface area contributed by atoms with Gasteiger partial charge in [0, 0.05) is 24.2 Å². The molecule has 1 aliphatic heterocycles. The van der Waals surface area contributed by atoms with Crippen molar-refractivity contribution >= 4 is 12.0 Å². The lowest BCUT2D eigenvalue weighted by Gasteiger charge is -2.36. The Morgan fingerprint density at radius 1 is 1.28 bits per heavy atom. The van der Waals surface area contributed by atoms with Gasteiger partial charge in [0.15, 0.2) is 17.5 Å². The number of H-pyrrole nitrogens is 1. The number of imidazole rings is 1. The minimum atomic E-state index is -1.62. The van der Waals surface area contributed by atoms with Gasteiger partial charge in [-0.25, -0.2) is 27.7 Å². The fraction of sp³-hybridized carbons (Fsp3) is 0.421. The molecule has 3 rings (SSSR count). The van der Waals surface area contributed by atoms with E-state index < -0.39 is 41.5 Å². The van der Waals surface area contributed by atoms with Gasteiger partial charge in [-0.15, -0.1) is 0 Å². The zero-order valence-corrected chi connectivity index (χ0v) is 16.1. The van der Waals surface area contributed by atoms with Gasteiger partial charge >= 0.3 is 12.0 Å². The van der Waals surface area contributed by atoms with Crippen LogP contribution in [-0.4, -0.2) is 46.6 Å². The van der Waals surface area contributed by atoms with Crippen molar-refractivity contribution in [1.29, 1.82) is 0 Å². The largest absolute Gasteiger partial charge is 0.467 e. The molecule has 2 atom stereocenters. The van der Waals surface area contributed by atoms with Crippen LogP contribution in [0.25, 0.3) is 0 Å². The molecule has 29 heavy (non-hydrogen) atoms. The maximum Gasteiger partial charge on any atom is 0.328 e. The normalized spacial score (nSPS) is 17.1. The monoisotopic (exact) mass is 410 g/mol. The number of amides is 2. The number of aromatic nitrogens is 2. The molecule has 156 valence electrons. The average Bonchev–Trinajstić information content (AvgIpc) is 3.18. The molecule has 2 heterocycles. The summed E-state index contributed by atoms with van der Waals surface area (Å²) in [5.41, 5.74) is 0.762. The Morgan fingerprint density at radius 2 is 2.00 bits per heavy atom. The highest BCUT2D eigenvalue weighted by Crippen LogP contribution is 2.35. The number of esters is 1. The van der Waals surface area contributed by atoms with E-state index in [-0.39, 0.29) is 18.0 Å². The van der Waals surface area contributed by atoms with Crippen LogP contribution < -0.4 is 5.32 Å². The summed E-state index contributed by atoms with van der Waals surface area (Å²) in [4.78, 5) is 33.3. The number of urea groups is 1. The van der Waals surface area contributed by atoms with Crippen LogP contribution in [0.4, 0.5) is 18.0 Å².